The molecule has 0 aliphatic heterocycles. The van der Waals surface area contributed by atoms with E-state index in [9.17, 15) is 4.79 Å². The molecule has 0 atom stereocenters. The van der Waals surface area contributed by atoms with Gasteiger partial charge in [-0.2, -0.15) is 0 Å². The lowest BCUT2D eigenvalue weighted by Crippen LogP contribution is -1.98. The second-order valence-electron chi connectivity index (χ2n) is 2.23. The smallest absolute Gasteiger partial charge is 0.374 e. The van der Waals surface area contributed by atoms with Crippen LogP contribution in [0.15, 0.2) is 18.2 Å². The minimum absolute atomic E-state index is 0.0107. The van der Waals surface area contributed by atoms with Crippen molar-refractivity contribution >= 4 is 22.1 Å². The zero-order valence-corrected chi connectivity index (χ0v) is 6.56. The highest BCUT2D eigenvalue weighted by Crippen LogP contribution is 2.21. The Balaban J connectivity index is 3.14. The fraction of sp³-hybridized carbons (Fsp3) is 0. The van der Waals surface area contributed by atoms with Crippen LogP contribution in [0.5, 0.6) is 11.5 Å². The first-order chi connectivity index (χ1) is 6.17. The molecule has 1 aromatic rings. The molecule has 1 rings (SSSR count). The predicted molar refractivity (Wildman–Crippen MR) is 46.2 cm³/mol. The van der Waals surface area contributed by atoms with Gasteiger partial charge in [-0.25, -0.2) is 4.79 Å². The van der Waals surface area contributed by atoms with Crippen molar-refractivity contribution in [2.75, 3.05) is 0 Å². The van der Waals surface area contributed by atoms with Crippen LogP contribution in [0.4, 0.5) is 0 Å². The minimum atomic E-state index is -1.11. The number of aromatic carboxylic acids is 1. The third-order valence-corrected chi connectivity index (χ3v) is 1.40. The van der Waals surface area contributed by atoms with Gasteiger partial charge in [0.1, 0.15) is 11.5 Å². The summed E-state index contributed by atoms with van der Waals surface area (Å²) >= 11 is 0. The van der Waals surface area contributed by atoms with Crippen LogP contribution in [0.1, 0.15) is 10.4 Å². The number of rotatable bonds is 3. The summed E-state index contributed by atoms with van der Waals surface area (Å²) in [5.74, 6) is -0.780. The van der Waals surface area contributed by atoms with Gasteiger partial charge in [0.05, 0.1) is 5.56 Å². The van der Waals surface area contributed by atoms with Crippen LogP contribution in [0.2, 0.25) is 0 Å². The van der Waals surface area contributed by atoms with Gasteiger partial charge in [-0.1, -0.05) is 0 Å². The Labute approximate surface area is 77.4 Å². The van der Waals surface area contributed by atoms with Crippen molar-refractivity contribution in [1.82, 2.24) is 0 Å². The van der Waals surface area contributed by atoms with Crippen molar-refractivity contribution < 1.29 is 19.2 Å². The number of carbonyl (C=O) groups is 1. The van der Waals surface area contributed by atoms with Gasteiger partial charge in [-0.15, -0.1) is 0 Å². The maximum atomic E-state index is 10.5. The molecule has 62 valence electrons. The second kappa shape index (κ2) is 3.89. The zero-order valence-electron chi connectivity index (χ0n) is 6.56. The first-order valence-electron chi connectivity index (χ1n) is 3.29. The molecule has 0 aliphatic carbocycles. The monoisotopic (exact) mass is 174 g/mol. The maximum absolute atomic E-state index is 10.5. The largest absolute Gasteiger partial charge is 0.568 e. The van der Waals surface area contributed by atoms with E-state index >= 15 is 0 Å². The number of carboxylic acids is 1. The van der Waals surface area contributed by atoms with Gasteiger partial charge in [-0.3, -0.25) is 0 Å². The van der Waals surface area contributed by atoms with Crippen LogP contribution in [0, 0.1) is 0 Å². The van der Waals surface area contributed by atoms with Gasteiger partial charge in [-0.05, 0) is 12.1 Å². The van der Waals surface area contributed by atoms with Crippen molar-refractivity contribution in [1.29, 1.82) is 0 Å². The Kier molecular flexibility index (Phi) is 2.84. The fourth-order valence-electron chi connectivity index (χ4n) is 0.831. The molecule has 0 amide bonds. The molecule has 13 heavy (non-hydrogen) atoms. The molecule has 1 N–H and O–H groups in total. The van der Waals surface area contributed by atoms with Crippen molar-refractivity contribution in [3.63, 3.8) is 0 Å². The molecule has 0 unspecified atom stereocenters. The summed E-state index contributed by atoms with van der Waals surface area (Å²) in [6.07, 6.45) is 0. The molecule has 4 radical (unpaired) electrons. The molecule has 0 heterocycles. The van der Waals surface area contributed by atoms with Crippen LogP contribution >= 0.6 is 0 Å². The lowest BCUT2D eigenvalue weighted by Gasteiger charge is -2.06. The quantitative estimate of drug-likeness (QED) is 0.669. The standard InChI is InChI=1S/C7H4B2O4/c8-12-5-1-4(7(10)11)2-6(3-5)13-9/h1-3H,(H,10,11). The van der Waals surface area contributed by atoms with Crippen LogP contribution in [0.25, 0.3) is 0 Å². The summed E-state index contributed by atoms with van der Waals surface area (Å²) in [5, 5.41) is 8.63. The van der Waals surface area contributed by atoms with Gasteiger partial charge < -0.3 is 14.4 Å². The molecular weight excluding hydrogens is 170 g/mol. The Bertz CT molecular complexity index is 304. The van der Waals surface area contributed by atoms with Gasteiger partial charge >= 0.3 is 22.1 Å². The fourth-order valence-corrected chi connectivity index (χ4v) is 0.831. The third-order valence-electron chi connectivity index (χ3n) is 1.40. The summed E-state index contributed by atoms with van der Waals surface area (Å²) in [6, 6.07) is 3.88. The SMILES string of the molecule is [B]Oc1cc(O[B])cc(C(=O)O)c1. The van der Waals surface area contributed by atoms with E-state index in [1.807, 2.05) is 0 Å². The Morgan fingerprint density at radius 3 is 1.92 bits per heavy atom. The van der Waals surface area contributed by atoms with Crippen molar-refractivity contribution in [2.45, 2.75) is 0 Å². The first-order valence-corrected chi connectivity index (χ1v) is 3.29. The molecule has 0 aliphatic rings. The van der Waals surface area contributed by atoms with Crippen molar-refractivity contribution in [3.8, 4) is 11.5 Å². The van der Waals surface area contributed by atoms with E-state index < -0.39 is 5.97 Å². The summed E-state index contributed by atoms with van der Waals surface area (Å²) < 4.78 is 8.70. The zero-order chi connectivity index (χ0) is 9.84. The van der Waals surface area contributed by atoms with Gasteiger partial charge in [0.25, 0.3) is 0 Å². The molecule has 1 aromatic carbocycles. The second-order valence-corrected chi connectivity index (χ2v) is 2.23. The van der Waals surface area contributed by atoms with E-state index in [0.29, 0.717) is 0 Å². The highest BCUT2D eigenvalue weighted by molar-refractivity contribution is 6.01. The summed E-state index contributed by atoms with van der Waals surface area (Å²) in [6.45, 7) is 0. The van der Waals surface area contributed by atoms with Gasteiger partial charge in [0, 0.05) is 6.07 Å². The lowest BCUT2D eigenvalue weighted by atomic mass is 10.2. The third kappa shape index (κ3) is 2.18. The summed E-state index contributed by atoms with van der Waals surface area (Å²) in [5.41, 5.74) is -0.0107. The molecule has 4 nitrogen and oxygen atoms in total. The van der Waals surface area contributed by atoms with E-state index in [1.165, 1.54) is 18.2 Å². The molecule has 0 fully saturated rings. The molecule has 6 heteroatoms. The minimum Gasteiger partial charge on any atom is -0.568 e. The molecule has 0 aromatic heterocycles. The highest BCUT2D eigenvalue weighted by atomic mass is 16.4. The Morgan fingerprint density at radius 1 is 1.15 bits per heavy atom. The molecule has 0 spiro atoms. The van der Waals surface area contributed by atoms with Crippen molar-refractivity contribution in [3.05, 3.63) is 23.8 Å². The molecule has 0 saturated heterocycles. The van der Waals surface area contributed by atoms with Gasteiger partial charge in [0.2, 0.25) is 0 Å². The van der Waals surface area contributed by atoms with E-state index in [-0.39, 0.29) is 17.1 Å². The normalized spacial score (nSPS) is 9.23. The summed E-state index contributed by atoms with van der Waals surface area (Å²) in [7, 11) is 9.71. The molecule has 0 saturated carbocycles. The van der Waals surface area contributed by atoms with E-state index in [0.717, 1.165) is 0 Å². The van der Waals surface area contributed by atoms with Gasteiger partial charge in [0.15, 0.2) is 0 Å². The lowest BCUT2D eigenvalue weighted by molar-refractivity contribution is 0.0696. The average Bonchev–Trinajstić information content (AvgIpc) is 2.16. The number of benzene rings is 1. The Morgan fingerprint density at radius 2 is 1.62 bits per heavy atom. The number of carboxylic acid groups (broad SMARTS) is 1. The Hall–Kier alpha value is -1.58. The first kappa shape index (κ1) is 9.51. The topological polar surface area (TPSA) is 55.8 Å². The summed E-state index contributed by atoms with van der Waals surface area (Å²) in [4.78, 5) is 10.5. The van der Waals surface area contributed by atoms with Crippen LogP contribution in [-0.4, -0.2) is 27.2 Å². The van der Waals surface area contributed by atoms with Crippen LogP contribution in [-0.2, 0) is 0 Å². The van der Waals surface area contributed by atoms with Crippen LogP contribution < -0.4 is 9.31 Å². The maximum Gasteiger partial charge on any atom is 0.374 e. The average molecular weight is 174 g/mol. The van der Waals surface area contributed by atoms with E-state index in [1.54, 1.807) is 0 Å². The van der Waals surface area contributed by atoms with Crippen LogP contribution in [0.3, 0.4) is 0 Å². The van der Waals surface area contributed by atoms with E-state index in [4.69, 9.17) is 21.2 Å². The molecular formula is C7H4B2O4. The number of hydrogen-bond acceptors (Lipinski definition) is 3. The molecule has 0 bridgehead atoms. The number of hydrogen-bond donors (Lipinski definition) is 1. The van der Waals surface area contributed by atoms with E-state index in [2.05, 4.69) is 9.31 Å². The highest BCUT2D eigenvalue weighted by Gasteiger charge is 2.06. The predicted octanol–water partition coefficient (Wildman–Crippen LogP) is 0.309. The van der Waals surface area contributed by atoms with Crippen molar-refractivity contribution in [2.24, 2.45) is 0 Å².